The summed E-state index contributed by atoms with van der Waals surface area (Å²) in [6, 6.07) is 11.4. The van der Waals surface area contributed by atoms with Gasteiger partial charge in [0, 0.05) is 55.1 Å². The Morgan fingerprint density at radius 2 is 2.00 bits per heavy atom. The lowest BCUT2D eigenvalue weighted by Crippen LogP contribution is -2.38. The van der Waals surface area contributed by atoms with E-state index in [1.165, 1.54) is 12.4 Å². The number of piperidine rings is 1. The van der Waals surface area contributed by atoms with Gasteiger partial charge in [0.15, 0.2) is 17.9 Å². The van der Waals surface area contributed by atoms with Crippen LogP contribution >= 0.6 is 0 Å². The summed E-state index contributed by atoms with van der Waals surface area (Å²) in [5.74, 6) is 1.70. The fraction of sp³-hybridized carbons (Fsp3) is 0.345. The standard InChI is InChI=1S/C29H37N9O2/c1-5-15-37(4)38(26-7-6-8-27(35-26)40-24-11-13-31-14-12-24)28-22(19-39)18-32-29(36-28)34-23-9-10-25(33-20(2)3)21(16-23)17-30/h5-10,16-20,24,30-31,33H,1,11-15H2,2-4H3,(H,32,34,36). The van der Waals surface area contributed by atoms with Gasteiger partial charge in [0.05, 0.1) is 5.56 Å². The Morgan fingerprint density at radius 1 is 1.20 bits per heavy atom. The number of nitrogens with one attached hydrogen (secondary N) is 4. The summed E-state index contributed by atoms with van der Waals surface area (Å²) in [7, 11) is 1.87. The second-order valence-corrected chi connectivity index (χ2v) is 9.80. The number of anilines is 5. The summed E-state index contributed by atoms with van der Waals surface area (Å²) in [5, 5.41) is 21.3. The highest BCUT2D eigenvalue weighted by molar-refractivity contribution is 5.88. The minimum Gasteiger partial charge on any atom is -0.474 e. The van der Waals surface area contributed by atoms with Gasteiger partial charge in [-0.2, -0.15) is 9.97 Å². The van der Waals surface area contributed by atoms with Gasteiger partial charge in [0.2, 0.25) is 11.8 Å². The fourth-order valence-corrected chi connectivity index (χ4v) is 4.41. The number of aromatic nitrogens is 3. The minimum atomic E-state index is 0.0942. The van der Waals surface area contributed by atoms with E-state index in [0.29, 0.717) is 41.3 Å². The van der Waals surface area contributed by atoms with Crippen molar-refractivity contribution in [3.8, 4) is 5.88 Å². The molecular formula is C29H37N9O2. The number of likely N-dealkylation sites (N-methyl/N-ethyl adjacent to an activating group) is 1. The molecule has 3 aromatic rings. The maximum absolute atomic E-state index is 12.1. The number of pyridine rings is 1. The number of carbonyl (C=O) groups is 1. The van der Waals surface area contributed by atoms with Gasteiger partial charge < -0.3 is 26.1 Å². The van der Waals surface area contributed by atoms with Crippen LogP contribution in [-0.4, -0.2) is 71.3 Å². The van der Waals surface area contributed by atoms with Crippen molar-refractivity contribution in [1.29, 1.82) is 5.41 Å². The second-order valence-electron chi connectivity index (χ2n) is 9.80. The molecular weight excluding hydrogens is 506 g/mol. The van der Waals surface area contributed by atoms with Crippen molar-refractivity contribution in [2.45, 2.75) is 38.8 Å². The van der Waals surface area contributed by atoms with E-state index in [1.807, 2.05) is 62.3 Å². The Hall–Kier alpha value is -4.35. The van der Waals surface area contributed by atoms with Crippen molar-refractivity contribution < 1.29 is 9.53 Å². The quantitative estimate of drug-likeness (QED) is 0.105. The molecule has 1 saturated heterocycles. The van der Waals surface area contributed by atoms with E-state index in [1.54, 1.807) is 11.1 Å². The van der Waals surface area contributed by atoms with Crippen molar-refractivity contribution in [2.75, 3.05) is 42.3 Å². The molecule has 11 nitrogen and oxygen atoms in total. The lowest BCUT2D eigenvalue weighted by molar-refractivity contribution is 0.112. The Kier molecular flexibility index (Phi) is 9.76. The van der Waals surface area contributed by atoms with Crippen molar-refractivity contribution >= 4 is 41.5 Å². The van der Waals surface area contributed by atoms with Gasteiger partial charge in [-0.3, -0.25) is 4.79 Å². The Labute approximate surface area is 235 Å². The minimum absolute atomic E-state index is 0.0942. The number of hydrogen-bond acceptors (Lipinski definition) is 11. The molecule has 11 heteroatoms. The molecule has 0 saturated carbocycles. The first-order chi connectivity index (χ1) is 19.4. The van der Waals surface area contributed by atoms with Crippen LogP contribution < -0.4 is 25.7 Å². The van der Waals surface area contributed by atoms with Crippen LogP contribution in [0.25, 0.3) is 0 Å². The average molecular weight is 544 g/mol. The lowest BCUT2D eigenvalue weighted by Gasteiger charge is -2.32. The molecule has 0 aliphatic carbocycles. The van der Waals surface area contributed by atoms with Gasteiger partial charge >= 0.3 is 0 Å². The van der Waals surface area contributed by atoms with Crippen molar-refractivity contribution in [2.24, 2.45) is 0 Å². The SMILES string of the molecule is C=CCN(C)N(c1cccc(OC2CCNCC2)n1)c1nc(Nc2ccc(NC(C)C)c(C=N)c2)ncc1C=O. The zero-order chi connectivity index (χ0) is 28.5. The summed E-state index contributed by atoms with van der Waals surface area (Å²) in [5.41, 5.74) is 2.59. The van der Waals surface area contributed by atoms with E-state index in [0.717, 1.165) is 43.5 Å². The first kappa shape index (κ1) is 28.7. The van der Waals surface area contributed by atoms with Gasteiger partial charge in [0.1, 0.15) is 6.10 Å². The van der Waals surface area contributed by atoms with Crippen LogP contribution in [0.15, 0.2) is 55.3 Å². The van der Waals surface area contributed by atoms with Crippen LogP contribution in [0.5, 0.6) is 5.88 Å². The number of hydrogen-bond donors (Lipinski definition) is 4. The Balaban J connectivity index is 1.68. The predicted octanol–water partition coefficient (Wildman–Crippen LogP) is 4.55. The number of benzene rings is 1. The maximum atomic E-state index is 12.1. The third-order valence-corrected chi connectivity index (χ3v) is 6.27. The van der Waals surface area contributed by atoms with Crippen LogP contribution in [0.3, 0.4) is 0 Å². The monoisotopic (exact) mass is 543 g/mol. The predicted molar refractivity (Wildman–Crippen MR) is 160 cm³/mol. The maximum Gasteiger partial charge on any atom is 0.229 e. The number of rotatable bonds is 13. The van der Waals surface area contributed by atoms with E-state index in [2.05, 4.69) is 27.5 Å². The molecule has 0 amide bonds. The molecule has 2 aromatic heterocycles. The van der Waals surface area contributed by atoms with E-state index in [9.17, 15) is 4.79 Å². The number of aldehydes is 1. The summed E-state index contributed by atoms with van der Waals surface area (Å²) in [6.45, 7) is 10.3. The van der Waals surface area contributed by atoms with Gasteiger partial charge in [-0.25, -0.2) is 15.0 Å². The number of ether oxygens (including phenoxy) is 1. The van der Waals surface area contributed by atoms with Crippen molar-refractivity contribution in [3.05, 3.63) is 66.4 Å². The zero-order valence-electron chi connectivity index (χ0n) is 23.2. The van der Waals surface area contributed by atoms with Crippen LogP contribution in [0.4, 0.5) is 29.0 Å². The van der Waals surface area contributed by atoms with E-state index < -0.39 is 0 Å². The zero-order valence-corrected chi connectivity index (χ0v) is 23.2. The van der Waals surface area contributed by atoms with E-state index in [-0.39, 0.29) is 12.1 Å². The molecule has 40 heavy (non-hydrogen) atoms. The summed E-state index contributed by atoms with van der Waals surface area (Å²) in [6.07, 6.45) is 7.18. The van der Waals surface area contributed by atoms with Gasteiger partial charge in [-0.05, 0) is 64.0 Å². The Morgan fingerprint density at radius 3 is 2.70 bits per heavy atom. The molecule has 210 valence electrons. The van der Waals surface area contributed by atoms with Crippen LogP contribution in [-0.2, 0) is 0 Å². The van der Waals surface area contributed by atoms with Gasteiger partial charge in [-0.15, -0.1) is 6.58 Å². The molecule has 0 spiro atoms. The fourth-order valence-electron chi connectivity index (χ4n) is 4.41. The lowest BCUT2D eigenvalue weighted by atomic mass is 10.1. The van der Waals surface area contributed by atoms with Crippen molar-refractivity contribution in [1.82, 2.24) is 25.3 Å². The smallest absolute Gasteiger partial charge is 0.229 e. The van der Waals surface area contributed by atoms with Gasteiger partial charge in [-0.1, -0.05) is 12.1 Å². The molecule has 0 radical (unpaired) electrons. The molecule has 1 aliphatic rings. The highest BCUT2D eigenvalue weighted by atomic mass is 16.5. The topological polar surface area (TPSA) is 131 Å². The largest absolute Gasteiger partial charge is 0.474 e. The molecule has 3 heterocycles. The Bertz CT molecular complexity index is 1320. The van der Waals surface area contributed by atoms with E-state index in [4.69, 9.17) is 20.1 Å². The third-order valence-electron chi connectivity index (χ3n) is 6.27. The second kappa shape index (κ2) is 13.6. The number of carbonyl (C=O) groups excluding carboxylic acids is 1. The van der Waals surface area contributed by atoms with Crippen LogP contribution in [0, 0.1) is 5.41 Å². The van der Waals surface area contributed by atoms with Crippen molar-refractivity contribution in [3.63, 3.8) is 0 Å². The summed E-state index contributed by atoms with van der Waals surface area (Å²) in [4.78, 5) is 26.0. The number of nitrogens with zero attached hydrogens (tertiary/aromatic N) is 5. The van der Waals surface area contributed by atoms with Crippen LogP contribution in [0.2, 0.25) is 0 Å². The molecule has 1 aromatic carbocycles. The average Bonchev–Trinajstić information content (AvgIpc) is 2.95. The molecule has 4 rings (SSSR count). The highest BCUT2D eigenvalue weighted by Crippen LogP contribution is 2.30. The molecule has 1 aliphatic heterocycles. The first-order valence-electron chi connectivity index (χ1n) is 13.4. The molecule has 4 N–H and O–H groups in total. The van der Waals surface area contributed by atoms with E-state index >= 15 is 0 Å². The first-order valence-corrected chi connectivity index (χ1v) is 13.4. The summed E-state index contributed by atoms with van der Waals surface area (Å²) >= 11 is 0. The molecule has 0 unspecified atom stereocenters. The third kappa shape index (κ3) is 7.19. The molecule has 0 bridgehead atoms. The highest BCUT2D eigenvalue weighted by Gasteiger charge is 2.23. The molecule has 0 atom stereocenters. The number of hydrazine groups is 1. The van der Waals surface area contributed by atoms with Crippen LogP contribution in [0.1, 0.15) is 42.6 Å². The summed E-state index contributed by atoms with van der Waals surface area (Å²) < 4.78 is 6.18. The normalized spacial score (nSPS) is 13.6. The molecule has 1 fully saturated rings. The van der Waals surface area contributed by atoms with Gasteiger partial charge in [0.25, 0.3) is 0 Å².